The van der Waals surface area contributed by atoms with Gasteiger partial charge >= 0.3 is 5.97 Å². The summed E-state index contributed by atoms with van der Waals surface area (Å²) in [4.78, 5) is 21.1. The summed E-state index contributed by atoms with van der Waals surface area (Å²) < 4.78 is 9.44. The van der Waals surface area contributed by atoms with Crippen LogP contribution in [0.3, 0.4) is 0 Å². The molecule has 4 heteroatoms. The van der Waals surface area contributed by atoms with Crippen LogP contribution < -0.4 is 0 Å². The molecule has 0 N–H and O–H groups in total. The standard InChI is InChI=1S/C9H12O4/c1-3-8(10)7-12-5-6-13-9(11)4-2/h3-4H,1-2,5-7H2. The third-order valence-corrected chi connectivity index (χ3v) is 1.11. The average molecular weight is 184 g/mol. The molecule has 0 aliphatic heterocycles. The lowest BCUT2D eigenvalue weighted by atomic mass is 10.4. The number of rotatable bonds is 7. The Morgan fingerprint density at radius 3 is 2.38 bits per heavy atom. The van der Waals surface area contributed by atoms with Crippen molar-refractivity contribution >= 4 is 11.8 Å². The fourth-order valence-electron chi connectivity index (χ4n) is 0.492. The maximum Gasteiger partial charge on any atom is 0.330 e. The number of ketones is 1. The van der Waals surface area contributed by atoms with Gasteiger partial charge < -0.3 is 9.47 Å². The van der Waals surface area contributed by atoms with E-state index in [1.54, 1.807) is 0 Å². The van der Waals surface area contributed by atoms with E-state index < -0.39 is 5.97 Å². The molecular weight excluding hydrogens is 172 g/mol. The summed E-state index contributed by atoms with van der Waals surface area (Å²) in [7, 11) is 0. The van der Waals surface area contributed by atoms with Gasteiger partial charge in [0, 0.05) is 6.08 Å². The first-order valence-corrected chi connectivity index (χ1v) is 3.73. The minimum Gasteiger partial charge on any atom is -0.460 e. The van der Waals surface area contributed by atoms with E-state index in [1.165, 1.54) is 6.08 Å². The number of esters is 1. The quantitative estimate of drug-likeness (QED) is 0.328. The zero-order chi connectivity index (χ0) is 10.1. The molecule has 0 atom stereocenters. The van der Waals surface area contributed by atoms with Crippen molar-refractivity contribution in [1.82, 2.24) is 0 Å². The lowest BCUT2D eigenvalue weighted by molar-refractivity contribution is -0.139. The first kappa shape index (κ1) is 11.6. The summed E-state index contributed by atoms with van der Waals surface area (Å²) in [5.41, 5.74) is 0. The van der Waals surface area contributed by atoms with Crippen molar-refractivity contribution in [3.63, 3.8) is 0 Å². The Labute approximate surface area is 76.8 Å². The van der Waals surface area contributed by atoms with Gasteiger partial charge in [-0.2, -0.15) is 0 Å². The molecule has 13 heavy (non-hydrogen) atoms. The van der Waals surface area contributed by atoms with Crippen LogP contribution in [0.25, 0.3) is 0 Å². The van der Waals surface area contributed by atoms with Crippen LogP contribution >= 0.6 is 0 Å². The molecule has 0 amide bonds. The van der Waals surface area contributed by atoms with Crippen molar-refractivity contribution in [3.8, 4) is 0 Å². The van der Waals surface area contributed by atoms with Crippen LogP contribution in [0.4, 0.5) is 0 Å². The highest BCUT2D eigenvalue weighted by Crippen LogP contribution is 1.82. The van der Waals surface area contributed by atoms with Crippen LogP contribution in [0.2, 0.25) is 0 Å². The van der Waals surface area contributed by atoms with Gasteiger partial charge in [-0.1, -0.05) is 13.2 Å². The Balaban J connectivity index is 3.26. The first-order valence-electron chi connectivity index (χ1n) is 3.73. The molecule has 0 aliphatic carbocycles. The van der Waals surface area contributed by atoms with Gasteiger partial charge in [0.1, 0.15) is 13.2 Å². The van der Waals surface area contributed by atoms with E-state index in [0.29, 0.717) is 0 Å². The van der Waals surface area contributed by atoms with Crippen LogP contribution in [0.1, 0.15) is 0 Å². The second kappa shape index (κ2) is 7.24. The number of carbonyl (C=O) groups is 2. The van der Waals surface area contributed by atoms with Crippen LogP contribution in [-0.2, 0) is 19.1 Å². The fraction of sp³-hybridized carbons (Fsp3) is 0.333. The molecule has 0 aromatic carbocycles. The van der Waals surface area contributed by atoms with E-state index in [1.807, 2.05) is 0 Å². The summed E-state index contributed by atoms with van der Waals surface area (Å²) in [6.07, 6.45) is 2.24. The van der Waals surface area contributed by atoms with E-state index in [-0.39, 0.29) is 25.6 Å². The number of hydrogen-bond acceptors (Lipinski definition) is 4. The molecule has 0 bridgehead atoms. The number of carbonyl (C=O) groups excluding carboxylic acids is 2. The van der Waals surface area contributed by atoms with Crippen molar-refractivity contribution in [3.05, 3.63) is 25.3 Å². The SMILES string of the molecule is C=CC(=O)COCCOC(=O)C=C. The predicted octanol–water partition coefficient (Wildman–Crippen LogP) is 0.487. The zero-order valence-electron chi connectivity index (χ0n) is 7.32. The largest absolute Gasteiger partial charge is 0.460 e. The average Bonchev–Trinajstić information content (AvgIpc) is 2.16. The lowest BCUT2D eigenvalue weighted by Gasteiger charge is -2.01. The minimum atomic E-state index is -0.501. The number of ether oxygens (including phenoxy) is 2. The van der Waals surface area contributed by atoms with Gasteiger partial charge in [0.15, 0.2) is 5.78 Å². The topological polar surface area (TPSA) is 52.6 Å². The van der Waals surface area contributed by atoms with Gasteiger partial charge in [-0.15, -0.1) is 0 Å². The molecule has 0 saturated heterocycles. The molecule has 0 spiro atoms. The maximum absolute atomic E-state index is 10.6. The lowest BCUT2D eigenvalue weighted by Crippen LogP contribution is -2.12. The zero-order valence-corrected chi connectivity index (χ0v) is 7.32. The van der Waals surface area contributed by atoms with E-state index in [0.717, 1.165) is 6.08 Å². The molecule has 0 rings (SSSR count). The molecule has 0 saturated carbocycles. The molecule has 0 aromatic heterocycles. The molecule has 0 unspecified atom stereocenters. The molecule has 0 radical (unpaired) electrons. The van der Waals surface area contributed by atoms with E-state index >= 15 is 0 Å². The van der Waals surface area contributed by atoms with Gasteiger partial charge in [-0.05, 0) is 6.08 Å². The van der Waals surface area contributed by atoms with E-state index in [4.69, 9.17) is 4.74 Å². The summed E-state index contributed by atoms with van der Waals surface area (Å²) in [6.45, 7) is 6.77. The smallest absolute Gasteiger partial charge is 0.330 e. The maximum atomic E-state index is 10.6. The van der Waals surface area contributed by atoms with Crippen LogP contribution in [0.5, 0.6) is 0 Å². The van der Waals surface area contributed by atoms with Gasteiger partial charge in [-0.3, -0.25) is 4.79 Å². The molecule has 0 heterocycles. The van der Waals surface area contributed by atoms with Crippen molar-refractivity contribution in [2.24, 2.45) is 0 Å². The van der Waals surface area contributed by atoms with Crippen LogP contribution in [0.15, 0.2) is 25.3 Å². The highest BCUT2D eigenvalue weighted by molar-refractivity contribution is 5.90. The Kier molecular flexibility index (Phi) is 6.45. The normalized spacial score (nSPS) is 8.92. The van der Waals surface area contributed by atoms with Gasteiger partial charge in [0.25, 0.3) is 0 Å². The number of hydrogen-bond donors (Lipinski definition) is 0. The predicted molar refractivity (Wildman–Crippen MR) is 47.2 cm³/mol. The highest BCUT2D eigenvalue weighted by atomic mass is 16.6. The molecular formula is C9H12O4. The second-order valence-corrected chi connectivity index (χ2v) is 2.09. The molecule has 72 valence electrons. The Hall–Kier alpha value is -1.42. The minimum absolute atomic E-state index is 0.0326. The highest BCUT2D eigenvalue weighted by Gasteiger charge is 1.97. The fourth-order valence-corrected chi connectivity index (χ4v) is 0.492. The Morgan fingerprint density at radius 2 is 1.85 bits per heavy atom. The van der Waals surface area contributed by atoms with E-state index in [9.17, 15) is 9.59 Å². The Morgan fingerprint density at radius 1 is 1.15 bits per heavy atom. The first-order chi connectivity index (χ1) is 6.20. The molecule has 0 fully saturated rings. The summed E-state index contributed by atoms with van der Waals surface area (Å²) in [5, 5.41) is 0. The van der Waals surface area contributed by atoms with Crippen molar-refractivity contribution in [1.29, 1.82) is 0 Å². The summed E-state index contributed by atoms with van der Waals surface area (Å²) >= 11 is 0. The Bertz CT molecular complexity index is 186. The molecule has 4 nitrogen and oxygen atoms in total. The van der Waals surface area contributed by atoms with Gasteiger partial charge in [0.2, 0.25) is 0 Å². The third-order valence-electron chi connectivity index (χ3n) is 1.11. The van der Waals surface area contributed by atoms with Crippen molar-refractivity contribution in [2.45, 2.75) is 0 Å². The third kappa shape index (κ3) is 6.96. The molecule has 0 aromatic rings. The van der Waals surface area contributed by atoms with Gasteiger partial charge in [-0.25, -0.2) is 4.79 Å². The monoisotopic (exact) mass is 184 g/mol. The van der Waals surface area contributed by atoms with Gasteiger partial charge in [0.05, 0.1) is 6.61 Å². The second-order valence-electron chi connectivity index (χ2n) is 2.09. The summed E-state index contributed by atoms with van der Waals surface area (Å²) in [6, 6.07) is 0. The summed E-state index contributed by atoms with van der Waals surface area (Å²) in [5.74, 6) is -0.700. The van der Waals surface area contributed by atoms with Crippen molar-refractivity contribution in [2.75, 3.05) is 19.8 Å². The van der Waals surface area contributed by atoms with Crippen molar-refractivity contribution < 1.29 is 19.1 Å². The van der Waals surface area contributed by atoms with E-state index in [2.05, 4.69) is 17.9 Å². The molecule has 0 aliphatic rings. The van der Waals surface area contributed by atoms with Crippen LogP contribution in [-0.4, -0.2) is 31.6 Å². The van der Waals surface area contributed by atoms with Crippen LogP contribution in [0, 0.1) is 0 Å².